The smallest absolute Gasteiger partial charge is 0.312 e. The largest absolute Gasteiger partial charge is 0.334 e. The van der Waals surface area contributed by atoms with Gasteiger partial charge >= 0.3 is 6.41 Å². The van der Waals surface area contributed by atoms with Crippen LogP contribution in [0.25, 0.3) is 0 Å². The van der Waals surface area contributed by atoms with Gasteiger partial charge in [0.15, 0.2) is 0 Å². The average Bonchev–Trinajstić information content (AvgIpc) is 1.81. The third kappa shape index (κ3) is 1.25. The van der Waals surface area contributed by atoms with Crippen molar-refractivity contribution in [2.24, 2.45) is 0 Å². The van der Waals surface area contributed by atoms with E-state index in [-0.39, 0.29) is 18.9 Å². The monoisotopic (exact) mass is 148 g/mol. The Morgan fingerprint density at radius 2 is 2.10 bits per heavy atom. The van der Waals surface area contributed by atoms with Crippen molar-refractivity contribution in [3.63, 3.8) is 0 Å². The van der Waals surface area contributed by atoms with Gasteiger partial charge in [0.05, 0.1) is 0 Å². The molecule has 1 fully saturated rings. The first kappa shape index (κ1) is 7.44. The number of amides is 1. The molecule has 0 saturated heterocycles. The van der Waals surface area contributed by atoms with Gasteiger partial charge in [0.1, 0.15) is 0 Å². The number of hydrogen-bond acceptors (Lipinski definition) is 1. The molecule has 0 aliphatic heterocycles. The second kappa shape index (κ2) is 2.18. The van der Waals surface area contributed by atoms with Gasteiger partial charge in [-0.05, 0) is 0 Å². The van der Waals surface area contributed by atoms with Crippen LogP contribution in [0.3, 0.4) is 0 Å². The van der Waals surface area contributed by atoms with Gasteiger partial charge in [-0.15, -0.1) is 0 Å². The zero-order valence-corrected chi connectivity index (χ0v) is 5.60. The van der Waals surface area contributed by atoms with Gasteiger partial charge in [0.25, 0.3) is 5.92 Å². The molecule has 0 bridgehead atoms. The van der Waals surface area contributed by atoms with Crippen LogP contribution in [-0.4, -0.2) is 30.3 Å². The Labute approximate surface area is 57.8 Å². The van der Waals surface area contributed by atoms with E-state index in [9.17, 15) is 13.6 Å². The summed E-state index contributed by atoms with van der Waals surface area (Å²) in [5.74, 6) is -2.55. The van der Waals surface area contributed by atoms with Crippen molar-refractivity contribution in [2.45, 2.75) is 24.8 Å². The quantitative estimate of drug-likeness (QED) is 0.530. The van der Waals surface area contributed by atoms with Gasteiger partial charge < -0.3 is 4.90 Å². The van der Waals surface area contributed by atoms with E-state index >= 15 is 0 Å². The molecule has 0 N–H and O–H groups in total. The molecule has 10 heavy (non-hydrogen) atoms. The van der Waals surface area contributed by atoms with Crippen LogP contribution < -0.4 is 0 Å². The lowest BCUT2D eigenvalue weighted by Crippen LogP contribution is -2.48. The minimum absolute atomic E-state index is 0.210. The van der Waals surface area contributed by atoms with E-state index in [1.165, 1.54) is 7.05 Å². The van der Waals surface area contributed by atoms with Gasteiger partial charge in [-0.1, -0.05) is 0 Å². The van der Waals surface area contributed by atoms with Gasteiger partial charge in [0, 0.05) is 25.9 Å². The molecule has 0 aromatic carbocycles. The zero-order chi connectivity index (χ0) is 7.78. The van der Waals surface area contributed by atoms with E-state index in [1.54, 1.807) is 6.41 Å². The van der Waals surface area contributed by atoms with Gasteiger partial charge in [-0.25, -0.2) is 8.78 Å². The Morgan fingerprint density at radius 3 is 2.40 bits per heavy atom. The Kier molecular flexibility index (Phi) is 1.62. The van der Waals surface area contributed by atoms with E-state index in [0.29, 0.717) is 0 Å². The molecule has 4 heteroatoms. The van der Waals surface area contributed by atoms with Gasteiger partial charge in [-0.3, -0.25) is 4.79 Å². The molecule has 2 nitrogen and oxygen atoms in total. The third-order valence-electron chi connectivity index (χ3n) is 1.76. The molecule has 0 spiro atoms. The lowest BCUT2D eigenvalue weighted by atomic mass is 9.87. The van der Waals surface area contributed by atoms with E-state index in [2.05, 4.69) is 0 Å². The second-order valence-corrected chi connectivity index (χ2v) is 2.62. The fourth-order valence-electron chi connectivity index (χ4n) is 0.978. The van der Waals surface area contributed by atoms with Crippen LogP contribution in [0.1, 0.15) is 12.8 Å². The molecule has 1 aliphatic carbocycles. The van der Waals surface area contributed by atoms with Gasteiger partial charge in [-0.2, -0.15) is 0 Å². The minimum atomic E-state index is -2.55. The van der Waals surface area contributed by atoms with Crippen molar-refractivity contribution in [3.8, 4) is 0 Å². The Balaban J connectivity index is 2.32. The van der Waals surface area contributed by atoms with E-state index in [1.807, 2.05) is 0 Å². The first-order chi connectivity index (χ1) is 4.55. The number of nitrogens with zero attached hydrogens (tertiary/aromatic N) is 1. The van der Waals surface area contributed by atoms with Crippen molar-refractivity contribution in [3.05, 3.63) is 0 Å². The molecule has 0 aromatic heterocycles. The number of alkyl halides is 2. The lowest BCUT2D eigenvalue weighted by Gasteiger charge is -2.38. The molecule has 1 radical (unpaired) electrons. The average molecular weight is 148 g/mol. The van der Waals surface area contributed by atoms with Crippen molar-refractivity contribution in [1.29, 1.82) is 0 Å². The number of hydrogen-bond donors (Lipinski definition) is 0. The highest BCUT2D eigenvalue weighted by Gasteiger charge is 2.47. The molecular formula is C6H8F2NO. The third-order valence-corrected chi connectivity index (χ3v) is 1.76. The van der Waals surface area contributed by atoms with Crippen molar-refractivity contribution in [2.75, 3.05) is 7.05 Å². The molecule has 0 heterocycles. The minimum Gasteiger partial charge on any atom is -0.334 e. The Morgan fingerprint density at radius 1 is 1.60 bits per heavy atom. The maximum Gasteiger partial charge on any atom is 0.312 e. The first-order valence-electron chi connectivity index (χ1n) is 3.03. The van der Waals surface area contributed by atoms with Crippen molar-refractivity contribution < 1.29 is 13.6 Å². The van der Waals surface area contributed by atoms with E-state index in [4.69, 9.17) is 0 Å². The first-order valence-corrected chi connectivity index (χ1v) is 3.03. The summed E-state index contributed by atoms with van der Waals surface area (Å²) in [6.07, 6.45) is 1.14. The number of halogens is 2. The highest BCUT2D eigenvalue weighted by Crippen LogP contribution is 2.39. The summed E-state index contributed by atoms with van der Waals surface area (Å²) in [5.41, 5.74) is 0. The summed E-state index contributed by atoms with van der Waals surface area (Å²) >= 11 is 0. The van der Waals surface area contributed by atoms with Crippen molar-refractivity contribution in [1.82, 2.24) is 4.90 Å². The molecule has 1 amide bonds. The summed E-state index contributed by atoms with van der Waals surface area (Å²) in [4.78, 5) is 11.1. The number of rotatable bonds is 2. The fourth-order valence-corrected chi connectivity index (χ4v) is 0.978. The highest BCUT2D eigenvalue weighted by atomic mass is 19.3. The normalized spacial score (nSPS) is 23.5. The van der Waals surface area contributed by atoms with Crippen LogP contribution in [0.5, 0.6) is 0 Å². The van der Waals surface area contributed by atoms with Crippen LogP contribution in [0.15, 0.2) is 0 Å². The Bertz CT molecular complexity index is 141. The summed E-state index contributed by atoms with van der Waals surface area (Å²) in [6.45, 7) is 0. The van der Waals surface area contributed by atoms with Crippen LogP contribution >= 0.6 is 0 Å². The van der Waals surface area contributed by atoms with Crippen LogP contribution in [-0.2, 0) is 4.79 Å². The molecule has 0 atom stereocenters. The van der Waals surface area contributed by atoms with Crippen molar-refractivity contribution >= 4 is 6.41 Å². The summed E-state index contributed by atoms with van der Waals surface area (Å²) in [6, 6.07) is -0.299. The maximum atomic E-state index is 12.1. The molecule has 0 unspecified atom stereocenters. The molecule has 1 saturated carbocycles. The molecule has 0 aromatic rings. The predicted molar refractivity (Wildman–Crippen MR) is 31.4 cm³/mol. The summed E-state index contributed by atoms with van der Waals surface area (Å²) in [7, 11) is 1.47. The fraction of sp³-hybridized carbons (Fsp3) is 0.833. The maximum absolute atomic E-state index is 12.1. The number of carbonyl (C=O) groups excluding carboxylic acids is 1. The molecule has 57 valence electrons. The predicted octanol–water partition coefficient (Wildman–Crippen LogP) is 0.783. The summed E-state index contributed by atoms with van der Waals surface area (Å²) in [5, 5.41) is 0. The van der Waals surface area contributed by atoms with Gasteiger partial charge in [0.2, 0.25) is 0 Å². The lowest BCUT2D eigenvalue weighted by molar-refractivity contribution is -0.108. The SMILES string of the molecule is CN([C]=O)C1CC(F)(F)C1. The van der Waals surface area contributed by atoms with E-state index < -0.39 is 5.92 Å². The standard InChI is InChI=1S/C6H8F2NO/c1-9(4-10)5-2-6(7,8)3-5/h5H,2-3H2,1H3. The topological polar surface area (TPSA) is 20.3 Å². The van der Waals surface area contributed by atoms with E-state index in [0.717, 1.165) is 4.90 Å². The molecule has 1 aliphatic rings. The van der Waals surface area contributed by atoms with Crippen LogP contribution in [0.2, 0.25) is 0 Å². The second-order valence-electron chi connectivity index (χ2n) is 2.62. The summed E-state index contributed by atoms with van der Waals surface area (Å²) < 4.78 is 24.3. The molecular weight excluding hydrogens is 140 g/mol. The Hall–Kier alpha value is -0.670. The molecule has 1 rings (SSSR count). The zero-order valence-electron chi connectivity index (χ0n) is 5.60. The highest BCUT2D eigenvalue weighted by molar-refractivity contribution is 5.48. The van der Waals surface area contributed by atoms with Crippen LogP contribution in [0.4, 0.5) is 8.78 Å². The van der Waals surface area contributed by atoms with Crippen LogP contribution in [0, 0.1) is 0 Å².